The summed E-state index contributed by atoms with van der Waals surface area (Å²) in [5.74, 6) is 0. The third-order valence-corrected chi connectivity index (χ3v) is 4.91. The van der Waals surface area contributed by atoms with E-state index in [1.165, 1.54) is 0 Å². The van der Waals surface area contributed by atoms with Crippen LogP contribution in [0.2, 0.25) is 0 Å². The van der Waals surface area contributed by atoms with E-state index in [0.29, 0.717) is 25.0 Å². The molecule has 0 saturated carbocycles. The van der Waals surface area contributed by atoms with Crippen molar-refractivity contribution in [3.8, 4) is 0 Å². The normalized spacial score (nSPS) is 24.3. The van der Waals surface area contributed by atoms with Crippen LogP contribution in [-0.2, 0) is 21.3 Å². The van der Waals surface area contributed by atoms with Gasteiger partial charge >= 0.3 is 0 Å². The van der Waals surface area contributed by atoms with Crippen LogP contribution in [0.25, 0.3) is 0 Å². The van der Waals surface area contributed by atoms with Gasteiger partial charge in [0.15, 0.2) is 0 Å². The molecule has 2 atom stereocenters. The molecule has 1 aliphatic rings. The van der Waals surface area contributed by atoms with E-state index in [9.17, 15) is 8.42 Å². The molecule has 2 unspecified atom stereocenters. The average Bonchev–Trinajstić information content (AvgIpc) is 2.38. The van der Waals surface area contributed by atoms with E-state index in [1.54, 1.807) is 24.3 Å². The van der Waals surface area contributed by atoms with Gasteiger partial charge < -0.3 is 10.5 Å². The van der Waals surface area contributed by atoms with Gasteiger partial charge in [0.1, 0.15) is 0 Å². The molecule has 1 heterocycles. The summed E-state index contributed by atoms with van der Waals surface area (Å²) < 4.78 is 32.9. The van der Waals surface area contributed by atoms with Gasteiger partial charge in [-0.25, -0.2) is 13.1 Å². The highest BCUT2D eigenvalue weighted by atomic mass is 32.2. The van der Waals surface area contributed by atoms with Gasteiger partial charge in [0.25, 0.3) is 0 Å². The van der Waals surface area contributed by atoms with Gasteiger partial charge in [-0.15, -0.1) is 0 Å². The first-order valence-electron chi connectivity index (χ1n) is 6.45. The maximum atomic E-state index is 12.4. The number of nitrogens with two attached hydrogens (primary N) is 1. The molecule has 5 nitrogen and oxygen atoms in total. The summed E-state index contributed by atoms with van der Waals surface area (Å²) >= 11 is 0. The fourth-order valence-corrected chi connectivity index (χ4v) is 3.86. The van der Waals surface area contributed by atoms with Gasteiger partial charge in [0.2, 0.25) is 10.0 Å². The van der Waals surface area contributed by atoms with Crippen molar-refractivity contribution >= 4 is 10.0 Å². The standard InChI is InChI=1S/C13H20N2O3S/c1-10-8-12(6-7-18-10)15-19(16,17)13-5-3-2-4-11(13)9-14/h2-5,10,12,15H,6-9,14H2,1H3. The van der Waals surface area contributed by atoms with Crippen LogP contribution in [0.1, 0.15) is 25.3 Å². The summed E-state index contributed by atoms with van der Waals surface area (Å²) in [6.45, 7) is 2.75. The maximum Gasteiger partial charge on any atom is 0.241 e. The summed E-state index contributed by atoms with van der Waals surface area (Å²) in [6, 6.07) is 6.76. The lowest BCUT2D eigenvalue weighted by molar-refractivity contribution is 0.0173. The average molecular weight is 284 g/mol. The SMILES string of the molecule is CC1CC(NS(=O)(=O)c2ccccc2CN)CCO1. The molecule has 0 radical (unpaired) electrons. The van der Waals surface area contributed by atoms with Gasteiger partial charge in [0.05, 0.1) is 11.0 Å². The monoisotopic (exact) mass is 284 g/mol. The van der Waals surface area contributed by atoms with Gasteiger partial charge in [0, 0.05) is 19.2 Å². The van der Waals surface area contributed by atoms with Crippen LogP contribution >= 0.6 is 0 Å². The van der Waals surface area contributed by atoms with Crippen molar-refractivity contribution < 1.29 is 13.2 Å². The molecule has 1 fully saturated rings. The van der Waals surface area contributed by atoms with E-state index >= 15 is 0 Å². The lowest BCUT2D eigenvalue weighted by Crippen LogP contribution is -2.41. The molecule has 1 aromatic carbocycles. The van der Waals surface area contributed by atoms with Crippen molar-refractivity contribution in [2.24, 2.45) is 5.73 Å². The smallest absolute Gasteiger partial charge is 0.241 e. The van der Waals surface area contributed by atoms with Crippen LogP contribution in [0.3, 0.4) is 0 Å². The Morgan fingerprint density at radius 3 is 2.84 bits per heavy atom. The van der Waals surface area contributed by atoms with Crippen LogP contribution in [0.4, 0.5) is 0 Å². The molecule has 0 spiro atoms. The van der Waals surface area contributed by atoms with Crippen molar-refractivity contribution in [1.82, 2.24) is 4.72 Å². The number of nitrogens with one attached hydrogen (secondary N) is 1. The molecule has 2 rings (SSSR count). The molecule has 1 saturated heterocycles. The number of benzene rings is 1. The Labute approximate surface area is 114 Å². The summed E-state index contributed by atoms with van der Waals surface area (Å²) in [5, 5.41) is 0. The quantitative estimate of drug-likeness (QED) is 0.864. The van der Waals surface area contributed by atoms with Crippen LogP contribution in [-0.4, -0.2) is 27.2 Å². The molecule has 0 bridgehead atoms. The highest BCUT2D eigenvalue weighted by Crippen LogP contribution is 2.19. The van der Waals surface area contributed by atoms with Gasteiger partial charge in [-0.05, 0) is 31.4 Å². The second-order valence-electron chi connectivity index (χ2n) is 4.84. The van der Waals surface area contributed by atoms with Crippen LogP contribution in [0.15, 0.2) is 29.2 Å². The van der Waals surface area contributed by atoms with E-state index in [4.69, 9.17) is 10.5 Å². The molecule has 6 heteroatoms. The van der Waals surface area contributed by atoms with Crippen molar-refractivity contribution in [1.29, 1.82) is 0 Å². The van der Waals surface area contributed by atoms with E-state index in [-0.39, 0.29) is 23.6 Å². The Balaban J connectivity index is 2.18. The first-order valence-corrected chi connectivity index (χ1v) is 7.93. The minimum Gasteiger partial charge on any atom is -0.378 e. The van der Waals surface area contributed by atoms with Crippen LogP contribution in [0, 0.1) is 0 Å². The van der Waals surface area contributed by atoms with Crippen molar-refractivity contribution in [2.45, 2.75) is 43.4 Å². The Morgan fingerprint density at radius 1 is 1.42 bits per heavy atom. The molecule has 1 aromatic rings. The largest absolute Gasteiger partial charge is 0.378 e. The zero-order chi connectivity index (χ0) is 13.9. The fraction of sp³-hybridized carbons (Fsp3) is 0.538. The second kappa shape index (κ2) is 6.00. The number of rotatable bonds is 4. The summed E-state index contributed by atoms with van der Waals surface area (Å²) in [4.78, 5) is 0.275. The summed E-state index contributed by atoms with van der Waals surface area (Å²) in [6.07, 6.45) is 1.49. The minimum absolute atomic E-state index is 0.0698. The molecule has 106 valence electrons. The predicted molar refractivity (Wildman–Crippen MR) is 73.1 cm³/mol. The van der Waals surface area contributed by atoms with Gasteiger partial charge in [-0.2, -0.15) is 0 Å². The topological polar surface area (TPSA) is 81.4 Å². The Morgan fingerprint density at radius 2 is 2.16 bits per heavy atom. The molecule has 0 aromatic heterocycles. The molecule has 1 aliphatic heterocycles. The van der Waals surface area contributed by atoms with Gasteiger partial charge in [-0.3, -0.25) is 0 Å². The van der Waals surface area contributed by atoms with Crippen molar-refractivity contribution in [3.63, 3.8) is 0 Å². The Bertz CT molecular complexity index is 530. The van der Waals surface area contributed by atoms with Gasteiger partial charge in [-0.1, -0.05) is 18.2 Å². The van der Waals surface area contributed by atoms with E-state index in [2.05, 4.69) is 4.72 Å². The molecule has 0 aliphatic carbocycles. The van der Waals surface area contributed by atoms with E-state index in [1.807, 2.05) is 6.92 Å². The Kier molecular flexibility index (Phi) is 4.57. The fourth-order valence-electron chi connectivity index (χ4n) is 2.32. The van der Waals surface area contributed by atoms with Crippen LogP contribution < -0.4 is 10.5 Å². The van der Waals surface area contributed by atoms with E-state index in [0.717, 1.165) is 0 Å². The summed E-state index contributed by atoms with van der Waals surface area (Å²) in [7, 11) is -3.51. The third-order valence-electron chi connectivity index (χ3n) is 3.29. The number of sulfonamides is 1. The molecular formula is C13H20N2O3S. The first-order chi connectivity index (χ1) is 9.03. The number of ether oxygens (including phenoxy) is 1. The lowest BCUT2D eigenvalue weighted by Gasteiger charge is -2.28. The zero-order valence-electron chi connectivity index (χ0n) is 11.0. The van der Waals surface area contributed by atoms with E-state index < -0.39 is 10.0 Å². The molecule has 19 heavy (non-hydrogen) atoms. The zero-order valence-corrected chi connectivity index (χ0v) is 11.8. The molecule has 0 amide bonds. The summed E-state index contributed by atoms with van der Waals surface area (Å²) in [5.41, 5.74) is 6.22. The number of hydrogen-bond acceptors (Lipinski definition) is 4. The molecule has 3 N–H and O–H groups in total. The minimum atomic E-state index is -3.51. The number of hydrogen-bond donors (Lipinski definition) is 2. The van der Waals surface area contributed by atoms with Crippen molar-refractivity contribution in [3.05, 3.63) is 29.8 Å². The highest BCUT2D eigenvalue weighted by molar-refractivity contribution is 7.89. The highest BCUT2D eigenvalue weighted by Gasteiger charge is 2.26. The Hall–Kier alpha value is -0.950. The lowest BCUT2D eigenvalue weighted by atomic mass is 10.1. The maximum absolute atomic E-state index is 12.4. The second-order valence-corrected chi connectivity index (χ2v) is 6.52. The third kappa shape index (κ3) is 3.54. The molecular weight excluding hydrogens is 264 g/mol. The van der Waals surface area contributed by atoms with Crippen LogP contribution in [0.5, 0.6) is 0 Å². The van der Waals surface area contributed by atoms with Crippen molar-refractivity contribution in [2.75, 3.05) is 6.61 Å². The predicted octanol–water partition coefficient (Wildman–Crippen LogP) is 0.991. The first kappa shape index (κ1) is 14.5.